The number of carbonyl (C=O) groups is 3. The van der Waals surface area contributed by atoms with Crippen LogP contribution in [0.3, 0.4) is 0 Å². The van der Waals surface area contributed by atoms with Gasteiger partial charge in [-0.05, 0) is 46.8 Å². The van der Waals surface area contributed by atoms with E-state index in [9.17, 15) is 24.6 Å². The molecule has 1 atom stereocenters. The standard InChI is InChI=1S/C28H27N3O6/c1-13-24(34)22(15(3)32)26-23(25(13)35)28(5)20(37-26)12-19(33)21(27(28)36)14(2)29-10-11-31-16(4)30-17-8-6-7-9-18(17)31/h6-9,12,29,34-35H,10-11H2,1-5H3/b21-14+/t28-/m1/s1. The largest absolute Gasteiger partial charge is 0.507 e. The zero-order chi connectivity index (χ0) is 26.8. The molecular weight excluding hydrogens is 474 g/mol. The van der Waals surface area contributed by atoms with Crippen LogP contribution in [-0.2, 0) is 21.5 Å². The Hall–Kier alpha value is -4.40. The molecule has 190 valence electrons. The summed E-state index contributed by atoms with van der Waals surface area (Å²) >= 11 is 0. The molecule has 0 spiro atoms. The van der Waals surface area contributed by atoms with E-state index in [-0.39, 0.29) is 39.5 Å². The molecule has 2 aromatic carbocycles. The van der Waals surface area contributed by atoms with E-state index in [0.717, 1.165) is 16.9 Å². The number of hydrogen-bond donors (Lipinski definition) is 3. The van der Waals surface area contributed by atoms with Crippen LogP contribution >= 0.6 is 0 Å². The number of nitrogens with zero attached hydrogens (tertiary/aromatic N) is 2. The molecule has 0 saturated carbocycles. The monoisotopic (exact) mass is 501 g/mol. The number of ketones is 3. The molecule has 37 heavy (non-hydrogen) atoms. The minimum Gasteiger partial charge on any atom is -0.507 e. The second-order valence-corrected chi connectivity index (χ2v) is 9.61. The Kier molecular flexibility index (Phi) is 5.47. The van der Waals surface area contributed by atoms with Crippen LogP contribution in [0.5, 0.6) is 17.2 Å². The van der Waals surface area contributed by atoms with Crippen molar-refractivity contribution in [3.05, 3.63) is 69.9 Å². The van der Waals surface area contributed by atoms with Crippen molar-refractivity contribution in [2.24, 2.45) is 0 Å². The molecule has 0 saturated heterocycles. The maximum atomic E-state index is 13.9. The fourth-order valence-electron chi connectivity index (χ4n) is 5.28. The van der Waals surface area contributed by atoms with Crippen molar-refractivity contribution < 1.29 is 29.3 Å². The quantitative estimate of drug-likeness (QED) is 0.275. The molecule has 0 radical (unpaired) electrons. The van der Waals surface area contributed by atoms with Crippen molar-refractivity contribution in [3.63, 3.8) is 0 Å². The molecule has 0 amide bonds. The summed E-state index contributed by atoms with van der Waals surface area (Å²) in [4.78, 5) is 43.8. The van der Waals surface area contributed by atoms with Crippen molar-refractivity contribution in [1.82, 2.24) is 14.9 Å². The number of nitrogens with one attached hydrogen (secondary N) is 1. The smallest absolute Gasteiger partial charge is 0.194 e. The van der Waals surface area contributed by atoms with E-state index < -0.39 is 28.5 Å². The number of rotatable bonds is 5. The number of phenols is 2. The number of allylic oxidation sites excluding steroid dienone is 4. The molecule has 0 fully saturated rings. The Balaban J connectivity index is 1.51. The number of hydrogen-bond acceptors (Lipinski definition) is 8. The fraction of sp³-hybridized carbons (Fsp3) is 0.286. The van der Waals surface area contributed by atoms with Crippen LogP contribution in [0.2, 0.25) is 0 Å². The number of aromatic nitrogens is 2. The molecule has 5 rings (SSSR count). The summed E-state index contributed by atoms with van der Waals surface area (Å²) in [6.07, 6.45) is 1.21. The number of benzene rings is 2. The van der Waals surface area contributed by atoms with Crippen molar-refractivity contribution in [1.29, 1.82) is 0 Å². The Labute approximate surface area is 213 Å². The van der Waals surface area contributed by atoms with Gasteiger partial charge in [-0.25, -0.2) is 4.98 Å². The molecule has 0 unspecified atom stereocenters. The Bertz CT molecular complexity index is 1610. The molecule has 3 N–H and O–H groups in total. The van der Waals surface area contributed by atoms with E-state index in [2.05, 4.69) is 14.9 Å². The summed E-state index contributed by atoms with van der Waals surface area (Å²) in [5, 5.41) is 24.6. The molecule has 1 aliphatic carbocycles. The third-order valence-electron chi connectivity index (χ3n) is 7.33. The van der Waals surface area contributed by atoms with Crippen LogP contribution in [0.25, 0.3) is 11.0 Å². The van der Waals surface area contributed by atoms with E-state index >= 15 is 0 Å². The molecule has 2 heterocycles. The highest BCUT2D eigenvalue weighted by Crippen LogP contribution is 2.57. The summed E-state index contributed by atoms with van der Waals surface area (Å²) in [5.41, 5.74) is 0.686. The molecule has 3 aromatic rings. The van der Waals surface area contributed by atoms with Gasteiger partial charge in [0.25, 0.3) is 0 Å². The lowest BCUT2D eigenvalue weighted by Gasteiger charge is -2.29. The van der Waals surface area contributed by atoms with Crippen LogP contribution in [0, 0.1) is 13.8 Å². The number of fused-ring (bicyclic) bond motifs is 4. The van der Waals surface area contributed by atoms with Crippen molar-refractivity contribution in [2.75, 3.05) is 6.54 Å². The lowest BCUT2D eigenvalue weighted by molar-refractivity contribution is -0.123. The molecule has 1 aliphatic heterocycles. The first-order valence-corrected chi connectivity index (χ1v) is 11.9. The van der Waals surface area contributed by atoms with Gasteiger partial charge in [0.15, 0.2) is 17.3 Å². The zero-order valence-corrected chi connectivity index (χ0v) is 21.2. The van der Waals surface area contributed by atoms with Gasteiger partial charge in [-0.2, -0.15) is 0 Å². The Morgan fingerprint density at radius 1 is 1.14 bits per heavy atom. The number of Topliss-reactive ketones (excluding diaryl/α,β-unsaturated/α-hetero) is 2. The van der Waals surface area contributed by atoms with Gasteiger partial charge >= 0.3 is 0 Å². The highest BCUT2D eigenvalue weighted by atomic mass is 16.5. The number of para-hydroxylation sites is 2. The van der Waals surface area contributed by atoms with Crippen molar-refractivity contribution >= 4 is 28.4 Å². The number of aromatic hydroxyl groups is 2. The third kappa shape index (κ3) is 3.37. The highest BCUT2D eigenvalue weighted by molar-refractivity contribution is 6.31. The number of imidazole rings is 1. The average molecular weight is 502 g/mol. The lowest BCUT2D eigenvalue weighted by Crippen LogP contribution is -2.41. The Morgan fingerprint density at radius 3 is 2.54 bits per heavy atom. The van der Waals surface area contributed by atoms with E-state index in [1.807, 2.05) is 31.2 Å². The SMILES string of the molecule is CC(=O)c1c(O)c(C)c(O)c2c1OC1=CC(=O)/C(=C(/C)NCCn3c(C)nc4ccccc43)C(=O)[C@]12C. The minimum absolute atomic E-state index is 0.0114. The number of ether oxygens (including phenoxy) is 1. The third-order valence-corrected chi connectivity index (χ3v) is 7.33. The molecular formula is C28H27N3O6. The van der Waals surface area contributed by atoms with Crippen LogP contribution in [-0.4, -0.2) is 43.7 Å². The normalized spacial score (nSPS) is 19.9. The van der Waals surface area contributed by atoms with Crippen LogP contribution < -0.4 is 10.1 Å². The van der Waals surface area contributed by atoms with E-state index in [4.69, 9.17) is 4.74 Å². The molecule has 9 heteroatoms. The maximum Gasteiger partial charge on any atom is 0.194 e. The van der Waals surface area contributed by atoms with Gasteiger partial charge in [-0.3, -0.25) is 14.4 Å². The number of carbonyl (C=O) groups excluding carboxylic acids is 3. The molecule has 9 nitrogen and oxygen atoms in total. The summed E-state index contributed by atoms with van der Waals surface area (Å²) in [5.74, 6) is -1.58. The van der Waals surface area contributed by atoms with Crippen molar-refractivity contribution in [2.45, 2.75) is 46.6 Å². The predicted molar refractivity (Wildman–Crippen MR) is 136 cm³/mol. The lowest BCUT2D eigenvalue weighted by atomic mass is 9.70. The topological polar surface area (TPSA) is 131 Å². The van der Waals surface area contributed by atoms with E-state index in [1.54, 1.807) is 13.8 Å². The van der Waals surface area contributed by atoms with E-state index in [0.29, 0.717) is 18.8 Å². The maximum absolute atomic E-state index is 13.9. The fourth-order valence-corrected chi connectivity index (χ4v) is 5.28. The first-order valence-electron chi connectivity index (χ1n) is 11.9. The van der Waals surface area contributed by atoms with Gasteiger partial charge in [0.05, 0.1) is 22.2 Å². The van der Waals surface area contributed by atoms with Gasteiger partial charge in [0.2, 0.25) is 0 Å². The van der Waals surface area contributed by atoms with Gasteiger partial charge in [0, 0.05) is 30.4 Å². The molecule has 1 aromatic heterocycles. The van der Waals surface area contributed by atoms with Gasteiger partial charge in [-0.15, -0.1) is 0 Å². The summed E-state index contributed by atoms with van der Waals surface area (Å²) < 4.78 is 7.86. The van der Waals surface area contributed by atoms with Crippen LogP contribution in [0.1, 0.15) is 48.1 Å². The second kappa shape index (κ2) is 8.33. The highest BCUT2D eigenvalue weighted by Gasteiger charge is 2.56. The molecule has 2 aliphatic rings. The number of phenolic OH excluding ortho intramolecular Hbond substituents is 2. The second-order valence-electron chi connectivity index (χ2n) is 9.61. The van der Waals surface area contributed by atoms with Crippen LogP contribution in [0.15, 0.2) is 47.4 Å². The zero-order valence-electron chi connectivity index (χ0n) is 21.2. The average Bonchev–Trinajstić information content (AvgIpc) is 3.31. The van der Waals surface area contributed by atoms with Crippen LogP contribution in [0.4, 0.5) is 0 Å². The van der Waals surface area contributed by atoms with Gasteiger partial charge in [-0.1, -0.05) is 12.1 Å². The van der Waals surface area contributed by atoms with Gasteiger partial charge < -0.3 is 24.8 Å². The Morgan fingerprint density at radius 2 is 1.84 bits per heavy atom. The first-order chi connectivity index (χ1) is 17.5. The minimum atomic E-state index is -1.54. The predicted octanol–water partition coefficient (Wildman–Crippen LogP) is 3.52. The molecule has 0 bridgehead atoms. The first kappa shape index (κ1) is 24.3. The van der Waals surface area contributed by atoms with E-state index in [1.165, 1.54) is 19.9 Å². The van der Waals surface area contributed by atoms with Gasteiger partial charge in [0.1, 0.15) is 39.8 Å². The summed E-state index contributed by atoms with van der Waals surface area (Å²) in [6.45, 7) is 8.83. The number of aryl methyl sites for hydroxylation is 1. The summed E-state index contributed by atoms with van der Waals surface area (Å²) in [6, 6.07) is 7.81. The van der Waals surface area contributed by atoms with Crippen molar-refractivity contribution in [3.8, 4) is 17.2 Å². The summed E-state index contributed by atoms with van der Waals surface area (Å²) in [7, 11) is 0.